The van der Waals surface area contributed by atoms with Crippen LogP contribution < -0.4 is 16.0 Å². The van der Waals surface area contributed by atoms with E-state index in [1.807, 2.05) is 0 Å². The molecule has 1 amide bonds. The standard InChI is InChI=1S/C16H11Cl5FN3OS/c17-8-5-6-12(10(18)7-8)23-15(27)25-14(16(19,20)21)24-13(26)9-3-1-2-4-11(9)22/h1-7,14H,(H,24,26)(H2,23,25,27). The van der Waals surface area contributed by atoms with Gasteiger partial charge in [0.1, 0.15) is 12.0 Å². The van der Waals surface area contributed by atoms with Crippen molar-refractivity contribution >= 4 is 86.9 Å². The van der Waals surface area contributed by atoms with Crippen LogP contribution in [0.3, 0.4) is 0 Å². The number of carbonyl (C=O) groups is 1. The summed E-state index contributed by atoms with van der Waals surface area (Å²) < 4.78 is 11.8. The maximum absolute atomic E-state index is 13.8. The molecule has 27 heavy (non-hydrogen) atoms. The SMILES string of the molecule is O=C(NC(NC(=S)Nc1ccc(Cl)cc1Cl)C(Cl)(Cl)Cl)c1ccccc1F. The first-order chi connectivity index (χ1) is 12.6. The zero-order chi connectivity index (χ0) is 20.2. The number of hydrogen-bond acceptors (Lipinski definition) is 2. The van der Waals surface area contributed by atoms with Crippen molar-refractivity contribution in [2.24, 2.45) is 0 Å². The number of hydrogen-bond donors (Lipinski definition) is 3. The fourth-order valence-electron chi connectivity index (χ4n) is 1.93. The lowest BCUT2D eigenvalue weighted by atomic mass is 10.2. The number of alkyl halides is 3. The van der Waals surface area contributed by atoms with Crippen LogP contribution in [0.25, 0.3) is 0 Å². The molecule has 1 atom stereocenters. The first kappa shape index (κ1) is 22.3. The largest absolute Gasteiger partial charge is 0.339 e. The van der Waals surface area contributed by atoms with Gasteiger partial charge in [0.2, 0.25) is 3.79 Å². The summed E-state index contributed by atoms with van der Waals surface area (Å²) in [6.45, 7) is 0. The van der Waals surface area contributed by atoms with Crippen LogP contribution in [-0.4, -0.2) is 21.0 Å². The zero-order valence-corrected chi connectivity index (χ0v) is 17.8. The van der Waals surface area contributed by atoms with E-state index < -0.39 is 21.7 Å². The second-order valence-corrected chi connectivity index (χ2v) is 8.77. The Morgan fingerprint density at radius 2 is 1.74 bits per heavy atom. The van der Waals surface area contributed by atoms with E-state index >= 15 is 0 Å². The molecule has 0 radical (unpaired) electrons. The van der Waals surface area contributed by atoms with Crippen molar-refractivity contribution in [1.29, 1.82) is 0 Å². The Morgan fingerprint density at radius 3 is 2.33 bits per heavy atom. The van der Waals surface area contributed by atoms with Gasteiger partial charge in [0, 0.05) is 5.02 Å². The fraction of sp³-hybridized carbons (Fsp3) is 0.125. The van der Waals surface area contributed by atoms with E-state index in [1.165, 1.54) is 24.3 Å². The third-order valence-corrected chi connectivity index (χ3v) is 4.60. The van der Waals surface area contributed by atoms with E-state index in [-0.39, 0.29) is 10.7 Å². The highest BCUT2D eigenvalue weighted by atomic mass is 35.6. The molecular formula is C16H11Cl5FN3OS. The number of halogens is 6. The molecule has 2 rings (SSSR count). The average molecular weight is 490 g/mol. The van der Waals surface area contributed by atoms with Crippen LogP contribution in [0.4, 0.5) is 10.1 Å². The van der Waals surface area contributed by atoms with Gasteiger partial charge in [-0.25, -0.2) is 4.39 Å². The molecule has 0 heterocycles. The summed E-state index contributed by atoms with van der Waals surface area (Å²) in [5, 5.41) is 8.59. The number of thiocarbonyl (C=S) groups is 1. The van der Waals surface area contributed by atoms with Gasteiger partial charge in [0.05, 0.1) is 16.3 Å². The number of rotatable bonds is 4. The van der Waals surface area contributed by atoms with Crippen molar-refractivity contribution in [3.8, 4) is 0 Å². The van der Waals surface area contributed by atoms with E-state index in [1.54, 1.807) is 12.1 Å². The smallest absolute Gasteiger partial charge is 0.255 e. The van der Waals surface area contributed by atoms with Crippen molar-refractivity contribution in [2.75, 3.05) is 5.32 Å². The van der Waals surface area contributed by atoms with Crippen LogP contribution in [0.2, 0.25) is 10.0 Å². The van der Waals surface area contributed by atoms with E-state index in [2.05, 4.69) is 16.0 Å². The minimum Gasteiger partial charge on any atom is -0.339 e. The van der Waals surface area contributed by atoms with Crippen LogP contribution in [0.15, 0.2) is 42.5 Å². The monoisotopic (exact) mass is 487 g/mol. The quantitative estimate of drug-likeness (QED) is 0.300. The molecule has 0 fully saturated rings. The van der Waals surface area contributed by atoms with Crippen molar-refractivity contribution < 1.29 is 9.18 Å². The molecule has 0 bridgehead atoms. The molecule has 2 aromatic carbocycles. The lowest BCUT2D eigenvalue weighted by molar-refractivity contribution is 0.0930. The van der Waals surface area contributed by atoms with E-state index in [4.69, 9.17) is 70.2 Å². The second-order valence-electron chi connectivity index (χ2n) is 5.15. The molecular weight excluding hydrogens is 479 g/mol. The number of amides is 1. The van der Waals surface area contributed by atoms with Gasteiger partial charge in [-0.05, 0) is 42.5 Å². The maximum atomic E-state index is 13.8. The topological polar surface area (TPSA) is 53.2 Å². The molecule has 2 aromatic rings. The molecule has 0 aliphatic heterocycles. The molecule has 3 N–H and O–H groups in total. The Morgan fingerprint density at radius 1 is 1.07 bits per heavy atom. The van der Waals surface area contributed by atoms with Gasteiger partial charge in [-0.3, -0.25) is 4.79 Å². The van der Waals surface area contributed by atoms with Gasteiger partial charge in [-0.15, -0.1) is 0 Å². The maximum Gasteiger partial charge on any atom is 0.255 e. The minimum absolute atomic E-state index is 0.00406. The third-order valence-electron chi connectivity index (χ3n) is 3.18. The van der Waals surface area contributed by atoms with E-state index in [0.717, 1.165) is 6.07 Å². The van der Waals surface area contributed by atoms with Crippen LogP contribution in [0.5, 0.6) is 0 Å². The van der Waals surface area contributed by atoms with Crippen LogP contribution in [0.1, 0.15) is 10.4 Å². The van der Waals surface area contributed by atoms with Crippen molar-refractivity contribution in [3.63, 3.8) is 0 Å². The fourth-order valence-corrected chi connectivity index (χ4v) is 2.95. The second kappa shape index (κ2) is 9.45. The molecule has 0 aromatic heterocycles. The molecule has 0 saturated carbocycles. The van der Waals surface area contributed by atoms with E-state index in [9.17, 15) is 9.18 Å². The lowest BCUT2D eigenvalue weighted by Crippen LogP contribution is -2.56. The number of benzene rings is 2. The Kier molecular flexibility index (Phi) is 7.80. The molecule has 4 nitrogen and oxygen atoms in total. The third kappa shape index (κ3) is 6.52. The Bertz CT molecular complexity index is 862. The Hall–Kier alpha value is -1.02. The van der Waals surface area contributed by atoms with Gasteiger partial charge in [0.25, 0.3) is 5.91 Å². The first-order valence-electron chi connectivity index (χ1n) is 7.22. The molecule has 1 unspecified atom stereocenters. The normalized spacial score (nSPS) is 12.2. The van der Waals surface area contributed by atoms with Crippen molar-refractivity contribution in [2.45, 2.75) is 9.96 Å². The summed E-state index contributed by atoms with van der Waals surface area (Å²) in [6.07, 6.45) is -1.26. The minimum atomic E-state index is -1.99. The molecule has 144 valence electrons. The van der Waals surface area contributed by atoms with Gasteiger partial charge < -0.3 is 16.0 Å². The van der Waals surface area contributed by atoms with Gasteiger partial charge in [0.15, 0.2) is 5.11 Å². The molecule has 11 heteroatoms. The van der Waals surface area contributed by atoms with Crippen molar-refractivity contribution in [3.05, 3.63) is 63.9 Å². The number of nitrogens with one attached hydrogen (secondary N) is 3. The molecule has 0 aliphatic carbocycles. The summed E-state index contributed by atoms with van der Waals surface area (Å²) in [4.78, 5) is 12.3. The predicted molar refractivity (Wildman–Crippen MR) is 114 cm³/mol. The molecule has 0 saturated heterocycles. The highest BCUT2D eigenvalue weighted by Crippen LogP contribution is 2.30. The average Bonchev–Trinajstić information content (AvgIpc) is 2.56. The van der Waals surface area contributed by atoms with Crippen LogP contribution in [0, 0.1) is 5.82 Å². The first-order valence-corrected chi connectivity index (χ1v) is 9.52. The van der Waals surface area contributed by atoms with E-state index in [0.29, 0.717) is 15.7 Å². The molecule has 0 aliphatic rings. The predicted octanol–water partition coefficient (Wildman–Crippen LogP) is 5.55. The summed E-state index contributed by atoms with van der Waals surface area (Å²) in [5.74, 6) is -1.50. The summed E-state index contributed by atoms with van der Waals surface area (Å²) in [5.41, 5.74) is 0.236. The van der Waals surface area contributed by atoms with Crippen molar-refractivity contribution in [1.82, 2.24) is 10.6 Å². The summed E-state index contributed by atoms with van der Waals surface area (Å²) >= 11 is 34.7. The summed E-state index contributed by atoms with van der Waals surface area (Å²) in [6, 6.07) is 10.1. The highest BCUT2D eigenvalue weighted by molar-refractivity contribution is 7.80. The number of carbonyl (C=O) groups excluding carboxylic acids is 1. The number of anilines is 1. The lowest BCUT2D eigenvalue weighted by Gasteiger charge is -2.28. The zero-order valence-electron chi connectivity index (χ0n) is 13.2. The Labute approximate surface area is 185 Å². The highest BCUT2D eigenvalue weighted by Gasteiger charge is 2.35. The summed E-state index contributed by atoms with van der Waals surface area (Å²) in [7, 11) is 0. The van der Waals surface area contributed by atoms with Crippen LogP contribution >= 0.6 is 70.2 Å². The van der Waals surface area contributed by atoms with Gasteiger partial charge >= 0.3 is 0 Å². The van der Waals surface area contributed by atoms with Gasteiger partial charge in [-0.1, -0.05) is 70.1 Å². The van der Waals surface area contributed by atoms with Crippen LogP contribution in [-0.2, 0) is 0 Å². The Balaban J connectivity index is 2.11. The molecule has 0 spiro atoms. The van der Waals surface area contributed by atoms with Gasteiger partial charge in [-0.2, -0.15) is 0 Å².